The smallest absolute Gasteiger partial charge is 0.138 e. The van der Waals surface area contributed by atoms with Crippen LogP contribution in [-0.2, 0) is 0 Å². The highest BCUT2D eigenvalue weighted by Crippen LogP contribution is 2.43. The predicted molar refractivity (Wildman–Crippen MR) is 192 cm³/mol. The fraction of sp³-hybridized carbons (Fsp3) is 0.0488. The zero-order valence-corrected chi connectivity index (χ0v) is 25.2. The van der Waals surface area contributed by atoms with E-state index in [2.05, 4.69) is 155 Å². The van der Waals surface area contributed by atoms with Crippen molar-refractivity contribution in [3.05, 3.63) is 146 Å². The van der Waals surface area contributed by atoms with E-state index in [1.54, 1.807) is 0 Å². The minimum absolute atomic E-state index is 0.258. The van der Waals surface area contributed by atoms with Crippen LogP contribution in [0.15, 0.2) is 146 Å². The molecule has 4 heterocycles. The molecule has 1 aliphatic rings. The van der Waals surface area contributed by atoms with Gasteiger partial charge in [0, 0.05) is 52.8 Å². The molecule has 0 radical (unpaired) electrons. The summed E-state index contributed by atoms with van der Waals surface area (Å²) in [6.07, 6.45) is 9.94. The van der Waals surface area contributed by atoms with Gasteiger partial charge in [-0.1, -0.05) is 109 Å². The van der Waals surface area contributed by atoms with Crippen LogP contribution in [0.3, 0.4) is 0 Å². The first-order valence-corrected chi connectivity index (χ1v) is 16.3. The molecule has 1 unspecified atom stereocenters. The number of aromatic nitrogens is 3. The van der Waals surface area contributed by atoms with Crippen LogP contribution < -0.4 is 0 Å². The van der Waals surface area contributed by atoms with E-state index in [1.165, 1.54) is 69.3 Å². The van der Waals surface area contributed by atoms with E-state index >= 15 is 0 Å². The Balaban J connectivity index is 1.27. The van der Waals surface area contributed by atoms with Crippen molar-refractivity contribution in [2.75, 3.05) is 0 Å². The van der Waals surface area contributed by atoms with Gasteiger partial charge in [-0.3, -0.25) is 4.57 Å². The van der Waals surface area contributed by atoms with Crippen molar-refractivity contribution in [1.82, 2.24) is 14.1 Å². The van der Waals surface area contributed by atoms with Gasteiger partial charge in [-0.25, -0.2) is 4.98 Å². The Kier molecular flexibility index (Phi) is 5.28. The van der Waals surface area contributed by atoms with Gasteiger partial charge in [0.15, 0.2) is 0 Å². The van der Waals surface area contributed by atoms with E-state index in [4.69, 9.17) is 4.98 Å². The van der Waals surface area contributed by atoms with Crippen LogP contribution in [-0.4, -0.2) is 14.1 Å². The highest BCUT2D eigenvalue weighted by atomic mass is 32.1. The Labute approximate surface area is 263 Å². The molecule has 1 atom stereocenters. The predicted octanol–water partition coefficient (Wildman–Crippen LogP) is 11.4. The molecule has 9 aromatic rings. The molecule has 10 rings (SSSR count). The van der Waals surface area contributed by atoms with Gasteiger partial charge in [0.05, 0.1) is 28.3 Å². The van der Waals surface area contributed by atoms with Crippen LogP contribution >= 0.6 is 11.3 Å². The molecule has 0 saturated heterocycles. The topological polar surface area (TPSA) is 22.8 Å². The molecule has 0 amide bonds. The highest BCUT2D eigenvalue weighted by Gasteiger charge is 2.23. The van der Waals surface area contributed by atoms with Gasteiger partial charge in [-0.15, -0.1) is 11.3 Å². The molecular formula is C41H27N3S. The van der Waals surface area contributed by atoms with Crippen LogP contribution in [0.5, 0.6) is 0 Å². The van der Waals surface area contributed by atoms with E-state index in [9.17, 15) is 0 Å². The normalized spacial score (nSPS) is 15.1. The molecule has 4 aromatic heterocycles. The molecule has 4 heteroatoms. The van der Waals surface area contributed by atoms with Crippen molar-refractivity contribution in [3.63, 3.8) is 0 Å². The minimum Gasteiger partial charge on any atom is -0.333 e. The number of benzene rings is 5. The maximum Gasteiger partial charge on any atom is 0.138 e. The zero-order chi connectivity index (χ0) is 29.5. The molecular weight excluding hydrogens is 567 g/mol. The van der Waals surface area contributed by atoms with E-state index in [1.807, 2.05) is 11.3 Å². The van der Waals surface area contributed by atoms with Gasteiger partial charge in [-0.2, -0.15) is 0 Å². The molecule has 0 aliphatic heterocycles. The second kappa shape index (κ2) is 9.52. The van der Waals surface area contributed by atoms with Gasteiger partial charge in [0.2, 0.25) is 0 Å². The number of pyridine rings is 1. The minimum atomic E-state index is 0.258. The second-order valence-electron chi connectivity index (χ2n) is 11.9. The summed E-state index contributed by atoms with van der Waals surface area (Å²) in [5, 5.41) is 7.71. The summed E-state index contributed by atoms with van der Waals surface area (Å²) in [5.74, 6) is 0.930. The third-order valence-electron chi connectivity index (χ3n) is 9.44. The number of allylic oxidation sites excluding steroid dienone is 4. The van der Waals surface area contributed by atoms with Crippen molar-refractivity contribution in [1.29, 1.82) is 0 Å². The Bertz CT molecular complexity index is 2700. The lowest BCUT2D eigenvalue weighted by Gasteiger charge is -2.19. The van der Waals surface area contributed by atoms with Crippen LogP contribution in [0.2, 0.25) is 0 Å². The first-order valence-electron chi connectivity index (χ1n) is 15.5. The fourth-order valence-electron chi connectivity index (χ4n) is 7.54. The third-order valence-corrected chi connectivity index (χ3v) is 10.7. The summed E-state index contributed by atoms with van der Waals surface area (Å²) >= 11 is 1.85. The average Bonchev–Trinajstić information content (AvgIpc) is 3.76. The lowest BCUT2D eigenvalue weighted by atomic mass is 10.1. The molecule has 0 saturated carbocycles. The second-order valence-corrected chi connectivity index (χ2v) is 12.9. The number of hydrogen-bond acceptors (Lipinski definition) is 2. The van der Waals surface area contributed by atoms with Gasteiger partial charge in [0.1, 0.15) is 5.82 Å². The van der Waals surface area contributed by atoms with Gasteiger partial charge < -0.3 is 4.57 Å². The van der Waals surface area contributed by atoms with E-state index in [-0.39, 0.29) is 6.04 Å². The number of rotatable bonds is 3. The molecule has 0 fully saturated rings. The summed E-state index contributed by atoms with van der Waals surface area (Å²) in [6, 6.07) is 44.3. The Morgan fingerprint density at radius 3 is 2.27 bits per heavy atom. The molecule has 5 aromatic carbocycles. The highest BCUT2D eigenvalue weighted by molar-refractivity contribution is 7.26. The summed E-state index contributed by atoms with van der Waals surface area (Å²) in [4.78, 5) is 5.38. The SMILES string of the molecule is C1=CCC(n2c3ccccc3c3ccc4c(c5ccccc5n4-c4cccc(-c5cccc6c5sc5ccccc56)n4)c32)C=C1. The maximum absolute atomic E-state index is 5.38. The molecule has 0 bridgehead atoms. The molecule has 3 nitrogen and oxygen atoms in total. The summed E-state index contributed by atoms with van der Waals surface area (Å²) in [6.45, 7) is 0. The zero-order valence-electron chi connectivity index (χ0n) is 24.4. The van der Waals surface area contributed by atoms with E-state index in [0.717, 1.165) is 17.9 Å². The molecule has 45 heavy (non-hydrogen) atoms. The van der Waals surface area contributed by atoms with Crippen LogP contribution in [0.25, 0.3) is 80.9 Å². The number of thiophene rings is 1. The van der Waals surface area contributed by atoms with Crippen molar-refractivity contribution < 1.29 is 0 Å². The summed E-state index contributed by atoms with van der Waals surface area (Å²) < 4.78 is 7.51. The lowest BCUT2D eigenvalue weighted by molar-refractivity contribution is 0.649. The van der Waals surface area contributed by atoms with Crippen LogP contribution in [0.1, 0.15) is 12.5 Å². The molecule has 0 spiro atoms. The van der Waals surface area contributed by atoms with Gasteiger partial charge >= 0.3 is 0 Å². The quantitative estimate of drug-likeness (QED) is 0.200. The average molecular weight is 594 g/mol. The van der Waals surface area contributed by atoms with Gasteiger partial charge in [-0.05, 0) is 42.8 Å². The number of para-hydroxylation sites is 2. The Hall–Kier alpha value is -5.45. The van der Waals surface area contributed by atoms with Crippen molar-refractivity contribution >= 4 is 75.1 Å². The van der Waals surface area contributed by atoms with E-state index < -0.39 is 0 Å². The standard InChI is InChI=1S/C41H27N3S/c1-2-12-26(13-3-1)43-34-20-7-4-14-27(34)29-24-25-36-39(40(29)43)32-16-5-8-21-35(32)44(36)38-23-11-19-33(42-38)31-18-10-17-30-28-15-6-9-22-37(28)45-41(30)31/h1-12,14-26H,13H2. The number of fused-ring (bicyclic) bond motifs is 10. The largest absolute Gasteiger partial charge is 0.333 e. The first-order chi connectivity index (χ1) is 22.3. The summed E-state index contributed by atoms with van der Waals surface area (Å²) in [5.41, 5.74) is 7.08. The van der Waals surface area contributed by atoms with Crippen molar-refractivity contribution in [2.24, 2.45) is 0 Å². The molecule has 0 N–H and O–H groups in total. The lowest BCUT2D eigenvalue weighted by Crippen LogP contribution is -2.07. The maximum atomic E-state index is 5.38. The van der Waals surface area contributed by atoms with E-state index in [0.29, 0.717) is 0 Å². The van der Waals surface area contributed by atoms with Crippen molar-refractivity contribution in [2.45, 2.75) is 12.5 Å². The van der Waals surface area contributed by atoms with Crippen molar-refractivity contribution in [3.8, 4) is 17.1 Å². The molecule has 1 aliphatic carbocycles. The van der Waals surface area contributed by atoms with Crippen LogP contribution in [0.4, 0.5) is 0 Å². The third kappa shape index (κ3) is 3.54. The van der Waals surface area contributed by atoms with Gasteiger partial charge in [0.25, 0.3) is 0 Å². The molecule has 212 valence electrons. The Morgan fingerprint density at radius 2 is 1.38 bits per heavy atom. The monoisotopic (exact) mass is 593 g/mol. The number of hydrogen-bond donors (Lipinski definition) is 0. The first kappa shape index (κ1) is 24.9. The summed E-state index contributed by atoms with van der Waals surface area (Å²) in [7, 11) is 0. The number of nitrogens with zero attached hydrogens (tertiary/aromatic N) is 3. The van der Waals surface area contributed by atoms with Crippen LogP contribution in [0, 0.1) is 0 Å². The fourth-order valence-corrected chi connectivity index (χ4v) is 8.76. The Morgan fingerprint density at radius 1 is 0.600 bits per heavy atom.